The first-order valence-corrected chi connectivity index (χ1v) is 17.8. The van der Waals surface area contributed by atoms with E-state index in [1.54, 1.807) is 0 Å². The third kappa shape index (κ3) is 88.2. The molecule has 55 heavy (non-hydrogen) atoms. The van der Waals surface area contributed by atoms with Crippen LogP contribution in [-0.2, 0) is 47.9 Å². The van der Waals surface area contributed by atoms with E-state index >= 15 is 0 Å². The molecule has 10 N–H and O–H groups in total. The van der Waals surface area contributed by atoms with Crippen LogP contribution in [0.15, 0.2) is 0 Å². The Kier molecular flexibility index (Phi) is 48.1. The molecule has 0 unspecified atom stereocenters. The largest absolute Gasteiger partial charge is 0.481 e. The second-order valence-electron chi connectivity index (χ2n) is 11.7. The summed E-state index contributed by atoms with van der Waals surface area (Å²) in [6.07, 6.45) is 11.0. The van der Waals surface area contributed by atoms with Crippen molar-refractivity contribution in [3.8, 4) is 0 Å². The maximum absolute atomic E-state index is 10.1. The van der Waals surface area contributed by atoms with E-state index in [9.17, 15) is 47.9 Å². The average molecular weight is 801 g/mol. The van der Waals surface area contributed by atoms with Crippen LogP contribution in [0, 0.1) is 0 Å². The van der Waals surface area contributed by atoms with Crippen molar-refractivity contribution in [2.24, 2.45) is 0 Å². The van der Waals surface area contributed by atoms with Gasteiger partial charge in [0.25, 0.3) is 0 Å². The predicted octanol–water partition coefficient (Wildman–Crippen LogP) is 5.53. The zero-order valence-electron chi connectivity index (χ0n) is 31.2. The third-order valence-electron chi connectivity index (χ3n) is 6.41. The Labute approximate surface area is 319 Å². The van der Waals surface area contributed by atoms with E-state index in [2.05, 4.69) is 0 Å². The average Bonchev–Trinajstić information content (AvgIpc) is 3.04. The fourth-order valence-electron chi connectivity index (χ4n) is 3.66. The molecule has 0 bridgehead atoms. The molecule has 0 amide bonds. The van der Waals surface area contributed by atoms with Crippen LogP contribution in [0.25, 0.3) is 0 Å². The predicted molar refractivity (Wildman–Crippen MR) is 192 cm³/mol. The zero-order chi connectivity index (χ0) is 43.5. The van der Waals surface area contributed by atoms with E-state index in [0.717, 1.165) is 32.1 Å². The summed E-state index contributed by atoms with van der Waals surface area (Å²) in [4.78, 5) is 99.6. The Morgan fingerprint density at radius 3 is 0.400 bits per heavy atom. The van der Waals surface area contributed by atoms with Gasteiger partial charge in [0, 0.05) is 64.2 Å². The van der Waals surface area contributed by atoms with Gasteiger partial charge < -0.3 is 51.1 Å². The summed E-state index contributed by atoms with van der Waals surface area (Å²) in [6, 6.07) is 0. The third-order valence-corrected chi connectivity index (χ3v) is 6.41. The molecule has 0 fully saturated rings. The fourth-order valence-corrected chi connectivity index (χ4v) is 3.66. The lowest BCUT2D eigenvalue weighted by atomic mass is 10.1. The topological polar surface area (TPSA) is 373 Å². The van der Waals surface area contributed by atoms with Crippen molar-refractivity contribution < 1.29 is 99.0 Å². The van der Waals surface area contributed by atoms with E-state index in [1.165, 1.54) is 0 Å². The molecule has 0 aliphatic heterocycles. The Hall–Kier alpha value is -5.30. The molecule has 0 aliphatic rings. The Morgan fingerprint density at radius 2 is 0.255 bits per heavy atom. The molecule has 20 nitrogen and oxygen atoms in total. The summed E-state index contributed by atoms with van der Waals surface area (Å²) in [6.45, 7) is 0. The summed E-state index contributed by atoms with van der Waals surface area (Å²) in [7, 11) is 0. The molecular formula is C35H60O20. The highest BCUT2D eigenvalue weighted by Gasteiger charge is 2.02. The number of carbonyl (C=O) groups is 10. The minimum atomic E-state index is -0.948. The lowest BCUT2D eigenvalue weighted by Crippen LogP contribution is -1.98. The lowest BCUT2D eigenvalue weighted by Gasteiger charge is -1.97. The molecule has 0 heterocycles. The summed E-state index contributed by atoms with van der Waals surface area (Å²) in [5, 5.41) is 81.9. The summed E-state index contributed by atoms with van der Waals surface area (Å²) >= 11 is 0. The fraction of sp³-hybridized carbons (Fsp3) is 0.714. The van der Waals surface area contributed by atoms with Crippen molar-refractivity contribution in [3.63, 3.8) is 0 Å². The number of carboxylic acids is 10. The summed E-state index contributed by atoms with van der Waals surface area (Å²) in [5.74, 6) is -8.36. The maximum atomic E-state index is 10.1. The molecule has 0 saturated heterocycles. The van der Waals surface area contributed by atoms with Gasteiger partial charge in [0.15, 0.2) is 0 Å². The van der Waals surface area contributed by atoms with Crippen molar-refractivity contribution in [3.05, 3.63) is 0 Å². The van der Waals surface area contributed by atoms with Gasteiger partial charge in [-0.2, -0.15) is 0 Å². The molecule has 0 aromatic heterocycles. The van der Waals surface area contributed by atoms with Crippen LogP contribution in [0.4, 0.5) is 0 Å². The molecule has 0 radical (unpaired) electrons. The molecule has 0 atom stereocenters. The second kappa shape index (κ2) is 44.9. The van der Waals surface area contributed by atoms with Crippen LogP contribution in [0.2, 0.25) is 0 Å². The molecule has 20 heteroatoms. The van der Waals surface area contributed by atoms with Crippen LogP contribution in [-0.4, -0.2) is 111 Å². The van der Waals surface area contributed by atoms with Gasteiger partial charge in [0.2, 0.25) is 0 Å². The minimum absolute atomic E-state index is 0.0628. The standard InChI is InChI=1S/C9H16O4.C8H14O4.C7H12O4.C6H10O4.C5H8O4/c10-8(11)6-4-2-1-3-5-7-9(12)13;9-7(10)5-3-1-2-4-6-8(11)12;8-6(9)4-2-1-3-5-7(10)11;7-5(8)3-1-2-4-6(9)10;6-4(7)2-1-3-5(8)9/h1-7H2,(H,10,11)(H,12,13);1-6H2,(H,9,10)(H,11,12);1-5H2,(H,8,9)(H,10,11);1-4H2,(H,7,8)(H,9,10);1-3H2,(H,6,7)(H,8,9). The molecule has 0 spiro atoms. The normalized spacial score (nSPS) is 9.45. The van der Waals surface area contributed by atoms with Crippen LogP contribution in [0.1, 0.15) is 161 Å². The highest BCUT2D eigenvalue weighted by molar-refractivity contribution is 5.70. The SMILES string of the molecule is O=C(O)CCCC(=O)O.O=C(O)CCCCC(=O)O.O=C(O)CCCCCC(=O)O.O=C(O)CCCCCCC(=O)O.O=C(O)CCCCCCCC(=O)O. The quantitative estimate of drug-likeness (QED) is 0.0399. The van der Waals surface area contributed by atoms with Gasteiger partial charge >= 0.3 is 59.7 Å². The van der Waals surface area contributed by atoms with Gasteiger partial charge in [-0.15, -0.1) is 0 Å². The number of unbranched alkanes of at least 4 members (excludes halogenated alkanes) is 10. The Balaban J connectivity index is -0.000000190. The van der Waals surface area contributed by atoms with Crippen molar-refractivity contribution in [2.45, 2.75) is 161 Å². The highest BCUT2D eigenvalue weighted by atomic mass is 16.4. The number of hydrogen-bond acceptors (Lipinski definition) is 10. The molecule has 0 rings (SSSR count). The van der Waals surface area contributed by atoms with Gasteiger partial charge in [0.05, 0.1) is 0 Å². The van der Waals surface area contributed by atoms with Gasteiger partial charge in [-0.1, -0.05) is 38.5 Å². The molecule has 0 saturated carbocycles. The van der Waals surface area contributed by atoms with Crippen molar-refractivity contribution in [1.82, 2.24) is 0 Å². The first kappa shape index (κ1) is 59.0. The van der Waals surface area contributed by atoms with E-state index in [1.807, 2.05) is 0 Å². The molecular weight excluding hydrogens is 740 g/mol. The van der Waals surface area contributed by atoms with E-state index in [-0.39, 0.29) is 70.6 Å². The van der Waals surface area contributed by atoms with Crippen LogP contribution >= 0.6 is 0 Å². The number of aliphatic carboxylic acids is 10. The number of hydrogen-bond donors (Lipinski definition) is 10. The van der Waals surface area contributed by atoms with Crippen LogP contribution < -0.4 is 0 Å². The van der Waals surface area contributed by atoms with E-state index in [0.29, 0.717) is 57.8 Å². The smallest absolute Gasteiger partial charge is 0.303 e. The van der Waals surface area contributed by atoms with Gasteiger partial charge in [-0.05, 0) is 57.8 Å². The second-order valence-corrected chi connectivity index (χ2v) is 11.7. The number of rotatable bonds is 30. The van der Waals surface area contributed by atoms with Crippen LogP contribution in [0.3, 0.4) is 0 Å². The molecule has 320 valence electrons. The Morgan fingerprint density at radius 1 is 0.164 bits per heavy atom. The molecule has 0 aliphatic carbocycles. The maximum Gasteiger partial charge on any atom is 0.303 e. The monoisotopic (exact) mass is 800 g/mol. The zero-order valence-corrected chi connectivity index (χ0v) is 31.2. The Bertz CT molecular complexity index is 1020. The lowest BCUT2D eigenvalue weighted by molar-refractivity contribution is -0.140. The van der Waals surface area contributed by atoms with Gasteiger partial charge in [-0.25, -0.2) is 0 Å². The van der Waals surface area contributed by atoms with Crippen molar-refractivity contribution >= 4 is 59.7 Å². The summed E-state index contributed by atoms with van der Waals surface area (Å²) in [5.41, 5.74) is 0. The first-order valence-electron chi connectivity index (χ1n) is 17.8. The van der Waals surface area contributed by atoms with Crippen molar-refractivity contribution in [2.75, 3.05) is 0 Å². The van der Waals surface area contributed by atoms with Gasteiger partial charge in [0.1, 0.15) is 0 Å². The highest BCUT2D eigenvalue weighted by Crippen LogP contribution is 2.07. The number of carboxylic acid groups (broad SMARTS) is 10. The summed E-state index contributed by atoms with van der Waals surface area (Å²) < 4.78 is 0. The van der Waals surface area contributed by atoms with Crippen LogP contribution in [0.5, 0.6) is 0 Å². The van der Waals surface area contributed by atoms with Gasteiger partial charge in [-0.3, -0.25) is 47.9 Å². The van der Waals surface area contributed by atoms with E-state index in [4.69, 9.17) is 51.1 Å². The first-order chi connectivity index (χ1) is 25.6. The van der Waals surface area contributed by atoms with Crippen molar-refractivity contribution in [1.29, 1.82) is 0 Å². The molecule has 0 aromatic rings. The minimum Gasteiger partial charge on any atom is -0.481 e. The van der Waals surface area contributed by atoms with E-state index < -0.39 is 59.7 Å². The molecule has 0 aromatic carbocycles.